The summed E-state index contributed by atoms with van der Waals surface area (Å²) in [6, 6.07) is 6.85. The monoisotopic (exact) mass is 473 g/mol. The number of benzene rings is 1. The summed E-state index contributed by atoms with van der Waals surface area (Å²) in [5.41, 5.74) is 1.16. The number of thiazole rings is 1. The molecule has 2 saturated heterocycles. The highest BCUT2D eigenvalue weighted by Gasteiger charge is 2.49. The molecule has 3 heterocycles. The van der Waals surface area contributed by atoms with Crippen LogP contribution in [0.4, 0.5) is 10.8 Å². The minimum atomic E-state index is -3.79. The fourth-order valence-corrected chi connectivity index (χ4v) is 7.15. The van der Waals surface area contributed by atoms with Gasteiger partial charge in [0.15, 0.2) is 5.13 Å². The van der Waals surface area contributed by atoms with Crippen molar-refractivity contribution in [1.29, 1.82) is 5.26 Å². The number of sulfonamides is 1. The lowest BCUT2D eigenvalue weighted by molar-refractivity contribution is 0.209. The van der Waals surface area contributed by atoms with Crippen LogP contribution in [-0.4, -0.2) is 43.5 Å². The molecule has 0 bridgehead atoms. The molecule has 0 radical (unpaired) electrons. The molecule has 3 unspecified atom stereocenters. The second-order valence-corrected chi connectivity index (χ2v) is 11.7. The molecule has 172 valence electrons. The minimum absolute atomic E-state index is 0.0600. The molecule has 0 aliphatic carbocycles. The van der Waals surface area contributed by atoms with Gasteiger partial charge >= 0.3 is 0 Å². The van der Waals surface area contributed by atoms with Crippen LogP contribution in [0.15, 0.2) is 34.7 Å². The number of fused-ring (bicyclic) bond motifs is 1. The van der Waals surface area contributed by atoms with Gasteiger partial charge in [-0.05, 0) is 55.8 Å². The number of nitrogens with zero attached hydrogens (tertiary/aromatic N) is 3. The lowest BCUT2D eigenvalue weighted by Crippen LogP contribution is -2.44. The smallest absolute Gasteiger partial charge is 0.263 e. The van der Waals surface area contributed by atoms with Crippen molar-refractivity contribution in [3.63, 3.8) is 0 Å². The standard InChI is InChI=1S/C23H31N5O2S2/c1-3-5-17(2)19-13-23(8-4-10-28(23)15-19)16-26-21-7-6-20(12-18(21)14-24)32(29,30)27-22-25-9-11-31-22/h6-7,9,11-12,17,19,26H,3-5,8,10,13,15-16H2,1-2H3,(H,25,27). The summed E-state index contributed by atoms with van der Waals surface area (Å²) in [4.78, 5) is 6.67. The Bertz CT molecular complexity index is 1080. The van der Waals surface area contributed by atoms with Gasteiger partial charge in [-0.1, -0.05) is 26.7 Å². The van der Waals surface area contributed by atoms with Crippen LogP contribution in [-0.2, 0) is 10.0 Å². The van der Waals surface area contributed by atoms with Gasteiger partial charge in [0.1, 0.15) is 6.07 Å². The van der Waals surface area contributed by atoms with E-state index in [0.717, 1.165) is 31.5 Å². The van der Waals surface area contributed by atoms with E-state index < -0.39 is 10.0 Å². The summed E-state index contributed by atoms with van der Waals surface area (Å²) in [5.74, 6) is 1.45. The molecule has 1 aromatic carbocycles. The molecule has 32 heavy (non-hydrogen) atoms. The molecule has 2 aliphatic rings. The van der Waals surface area contributed by atoms with Crippen molar-refractivity contribution >= 4 is 32.2 Å². The maximum atomic E-state index is 12.7. The van der Waals surface area contributed by atoms with E-state index in [4.69, 9.17) is 0 Å². The third-order valence-electron chi connectivity index (χ3n) is 7.07. The van der Waals surface area contributed by atoms with Crippen molar-refractivity contribution in [2.24, 2.45) is 11.8 Å². The number of nitrogens with one attached hydrogen (secondary N) is 2. The normalized spacial score (nSPS) is 24.1. The van der Waals surface area contributed by atoms with Gasteiger partial charge in [-0.3, -0.25) is 9.62 Å². The van der Waals surface area contributed by atoms with Crippen molar-refractivity contribution in [2.75, 3.05) is 29.7 Å². The second-order valence-electron chi connectivity index (χ2n) is 9.12. The van der Waals surface area contributed by atoms with Gasteiger partial charge < -0.3 is 5.32 Å². The van der Waals surface area contributed by atoms with Crippen molar-refractivity contribution in [3.8, 4) is 6.07 Å². The Morgan fingerprint density at radius 1 is 1.44 bits per heavy atom. The highest BCUT2D eigenvalue weighted by molar-refractivity contribution is 7.93. The lowest BCUT2D eigenvalue weighted by Gasteiger charge is -2.33. The predicted molar refractivity (Wildman–Crippen MR) is 128 cm³/mol. The van der Waals surface area contributed by atoms with Crippen molar-refractivity contribution in [1.82, 2.24) is 9.88 Å². The molecule has 0 spiro atoms. The van der Waals surface area contributed by atoms with Crippen LogP contribution in [0.2, 0.25) is 0 Å². The zero-order valence-corrected chi connectivity index (χ0v) is 20.3. The molecule has 2 N–H and O–H groups in total. The van der Waals surface area contributed by atoms with E-state index >= 15 is 0 Å². The van der Waals surface area contributed by atoms with Crippen molar-refractivity contribution in [3.05, 3.63) is 35.3 Å². The molecule has 7 nitrogen and oxygen atoms in total. The summed E-state index contributed by atoms with van der Waals surface area (Å²) < 4.78 is 27.8. The first-order chi connectivity index (χ1) is 15.4. The number of aromatic nitrogens is 1. The quantitative estimate of drug-likeness (QED) is 0.556. The summed E-state index contributed by atoms with van der Waals surface area (Å²) in [6.07, 6.45) is 7.60. The molecule has 9 heteroatoms. The fourth-order valence-electron chi connectivity index (χ4n) is 5.34. The first-order valence-electron chi connectivity index (χ1n) is 11.3. The Kier molecular flexibility index (Phi) is 6.75. The summed E-state index contributed by atoms with van der Waals surface area (Å²) >= 11 is 1.21. The van der Waals surface area contributed by atoms with Crippen LogP contribution in [0.1, 0.15) is 51.5 Å². The molecule has 2 fully saturated rings. The topological polar surface area (TPSA) is 98.1 Å². The maximum absolute atomic E-state index is 12.7. The van der Waals surface area contributed by atoms with Crippen molar-refractivity contribution < 1.29 is 8.42 Å². The SMILES string of the molecule is CCCC(C)C1CN2CCCC2(CNc2ccc(S(=O)(=O)Nc3nccs3)cc2C#N)C1. The zero-order valence-electron chi connectivity index (χ0n) is 18.7. The van der Waals surface area contributed by atoms with Crippen LogP contribution in [0.5, 0.6) is 0 Å². The number of nitriles is 1. The molecular formula is C23H31N5O2S2. The highest BCUT2D eigenvalue weighted by Crippen LogP contribution is 2.44. The molecule has 2 aliphatic heterocycles. The highest BCUT2D eigenvalue weighted by atomic mass is 32.2. The zero-order chi connectivity index (χ0) is 22.8. The first kappa shape index (κ1) is 23.0. The molecule has 0 amide bonds. The van der Waals surface area contributed by atoms with Gasteiger partial charge in [0, 0.05) is 30.2 Å². The third-order valence-corrected chi connectivity index (χ3v) is 9.22. The van der Waals surface area contributed by atoms with Crippen LogP contribution < -0.4 is 10.0 Å². The van der Waals surface area contributed by atoms with E-state index in [-0.39, 0.29) is 10.4 Å². The summed E-state index contributed by atoms with van der Waals surface area (Å²) in [7, 11) is -3.79. The Labute approximate surface area is 194 Å². The predicted octanol–water partition coefficient (Wildman–Crippen LogP) is 4.52. The van der Waals surface area contributed by atoms with Crippen molar-refractivity contribution in [2.45, 2.75) is 56.4 Å². The molecule has 1 aromatic heterocycles. The number of anilines is 2. The van der Waals surface area contributed by atoms with Gasteiger partial charge in [-0.15, -0.1) is 11.3 Å². The Balaban J connectivity index is 1.48. The van der Waals surface area contributed by atoms with Gasteiger partial charge in [0.2, 0.25) is 0 Å². The fraction of sp³-hybridized carbons (Fsp3) is 0.565. The van der Waals surface area contributed by atoms with E-state index in [1.807, 2.05) is 0 Å². The Morgan fingerprint density at radius 3 is 3.00 bits per heavy atom. The van der Waals surface area contributed by atoms with E-state index in [1.165, 1.54) is 49.5 Å². The molecular weight excluding hydrogens is 442 g/mol. The Hall–Kier alpha value is -2.15. The number of hydrogen-bond acceptors (Lipinski definition) is 7. The average Bonchev–Trinajstić information content (AvgIpc) is 3.48. The second kappa shape index (κ2) is 9.38. The number of hydrogen-bond donors (Lipinski definition) is 2. The van der Waals surface area contributed by atoms with Gasteiger partial charge in [-0.25, -0.2) is 13.4 Å². The average molecular weight is 474 g/mol. The van der Waals surface area contributed by atoms with Crippen LogP contribution in [0.25, 0.3) is 0 Å². The van der Waals surface area contributed by atoms with Gasteiger partial charge in [0.05, 0.1) is 16.1 Å². The van der Waals surface area contributed by atoms with Crippen LogP contribution in [0.3, 0.4) is 0 Å². The molecule has 2 aromatic rings. The summed E-state index contributed by atoms with van der Waals surface area (Å²) in [6.45, 7) is 7.71. The first-order valence-corrected chi connectivity index (χ1v) is 13.7. The van der Waals surface area contributed by atoms with E-state index in [9.17, 15) is 13.7 Å². The summed E-state index contributed by atoms with van der Waals surface area (Å²) in [5, 5.41) is 15.2. The van der Waals surface area contributed by atoms with E-state index in [1.54, 1.807) is 23.7 Å². The van der Waals surface area contributed by atoms with Crippen LogP contribution in [0, 0.1) is 23.2 Å². The van der Waals surface area contributed by atoms with E-state index in [2.05, 4.69) is 39.8 Å². The van der Waals surface area contributed by atoms with Crippen LogP contribution >= 0.6 is 11.3 Å². The molecule has 3 atom stereocenters. The lowest BCUT2D eigenvalue weighted by atomic mass is 9.82. The maximum Gasteiger partial charge on any atom is 0.263 e. The minimum Gasteiger partial charge on any atom is -0.382 e. The largest absolute Gasteiger partial charge is 0.382 e. The van der Waals surface area contributed by atoms with Gasteiger partial charge in [-0.2, -0.15) is 5.26 Å². The number of rotatable bonds is 9. The molecule has 4 rings (SSSR count). The molecule has 0 saturated carbocycles. The van der Waals surface area contributed by atoms with Gasteiger partial charge in [0.25, 0.3) is 10.0 Å². The Morgan fingerprint density at radius 2 is 2.28 bits per heavy atom. The third kappa shape index (κ3) is 4.63. The van der Waals surface area contributed by atoms with E-state index in [0.29, 0.717) is 16.4 Å².